The van der Waals surface area contributed by atoms with E-state index in [9.17, 15) is 13.2 Å². The van der Waals surface area contributed by atoms with Gasteiger partial charge in [0.1, 0.15) is 0 Å². The molecule has 1 amide bonds. The topological polar surface area (TPSA) is 89.3 Å². The maximum Gasteiger partial charge on any atom is 0.238 e. The van der Waals surface area contributed by atoms with Gasteiger partial charge in [0.05, 0.1) is 10.1 Å². The van der Waals surface area contributed by atoms with Crippen molar-refractivity contribution in [3.8, 4) is 0 Å². The Morgan fingerprint density at radius 3 is 2.85 bits per heavy atom. The van der Waals surface area contributed by atoms with Crippen LogP contribution in [0.15, 0.2) is 29.2 Å². The van der Waals surface area contributed by atoms with E-state index in [4.69, 9.17) is 5.14 Å². The second-order valence-corrected chi connectivity index (χ2v) is 7.64. The first-order chi connectivity index (χ1) is 9.47. The van der Waals surface area contributed by atoms with Gasteiger partial charge in [0.25, 0.3) is 0 Å². The molecule has 0 saturated carbocycles. The summed E-state index contributed by atoms with van der Waals surface area (Å²) in [5, 5.41) is 7.95. The second kappa shape index (κ2) is 6.60. The van der Waals surface area contributed by atoms with Crippen LogP contribution in [0, 0.1) is 0 Å². The molecule has 1 fully saturated rings. The molecule has 0 bridgehead atoms. The number of thioether (sulfide) groups is 1. The smallest absolute Gasteiger partial charge is 0.238 e. The predicted octanol–water partition coefficient (Wildman–Crippen LogP) is 1.24. The van der Waals surface area contributed by atoms with Gasteiger partial charge in [-0.05, 0) is 36.3 Å². The van der Waals surface area contributed by atoms with Gasteiger partial charge in [0.2, 0.25) is 15.9 Å². The minimum atomic E-state index is -3.70. The van der Waals surface area contributed by atoms with Crippen LogP contribution < -0.4 is 10.5 Å². The summed E-state index contributed by atoms with van der Waals surface area (Å²) >= 11 is 1.69. The molecule has 0 aromatic heterocycles. The number of amides is 1. The first kappa shape index (κ1) is 15.3. The Morgan fingerprint density at radius 2 is 2.20 bits per heavy atom. The molecule has 1 heterocycles. The lowest BCUT2D eigenvalue weighted by atomic mass is 10.1. The van der Waals surface area contributed by atoms with Crippen molar-refractivity contribution in [2.45, 2.75) is 36.0 Å². The standard InChI is InChI=1S/C13H18N2O3S2/c14-20(17,18)11-5-3-4-10(8-11)9-15-13(16)12-6-1-2-7-19-12/h3-5,8,12H,1-2,6-7,9H2,(H,15,16)(H2,14,17,18). The number of rotatable bonds is 4. The molecule has 3 N–H and O–H groups in total. The Balaban J connectivity index is 1.95. The van der Waals surface area contributed by atoms with Crippen molar-refractivity contribution < 1.29 is 13.2 Å². The molecule has 7 heteroatoms. The Bertz CT molecular complexity index is 581. The molecule has 1 unspecified atom stereocenters. The Morgan fingerprint density at radius 1 is 1.40 bits per heavy atom. The number of hydrogen-bond acceptors (Lipinski definition) is 4. The van der Waals surface area contributed by atoms with Gasteiger partial charge in [-0.2, -0.15) is 0 Å². The molecule has 1 aromatic carbocycles. The van der Waals surface area contributed by atoms with Crippen LogP contribution in [0.5, 0.6) is 0 Å². The molecule has 0 aliphatic carbocycles. The van der Waals surface area contributed by atoms with E-state index in [-0.39, 0.29) is 16.1 Å². The van der Waals surface area contributed by atoms with Crippen molar-refractivity contribution in [1.82, 2.24) is 5.32 Å². The SMILES string of the molecule is NS(=O)(=O)c1cccc(CNC(=O)C2CCCCS2)c1. The van der Waals surface area contributed by atoms with Gasteiger partial charge in [0, 0.05) is 6.54 Å². The molecule has 1 aliphatic rings. The summed E-state index contributed by atoms with van der Waals surface area (Å²) in [6.45, 7) is 0.319. The van der Waals surface area contributed by atoms with E-state index in [2.05, 4.69) is 5.32 Å². The molecular formula is C13H18N2O3S2. The van der Waals surface area contributed by atoms with Crippen LogP contribution >= 0.6 is 11.8 Å². The zero-order chi connectivity index (χ0) is 14.6. The Labute approximate surface area is 123 Å². The van der Waals surface area contributed by atoms with E-state index in [0.29, 0.717) is 6.54 Å². The maximum absolute atomic E-state index is 12.0. The van der Waals surface area contributed by atoms with Crippen molar-refractivity contribution in [3.05, 3.63) is 29.8 Å². The van der Waals surface area contributed by atoms with Crippen LogP contribution in [0.3, 0.4) is 0 Å². The summed E-state index contributed by atoms with van der Waals surface area (Å²) in [6.07, 6.45) is 3.17. The number of sulfonamides is 1. The normalized spacial score (nSPS) is 19.6. The van der Waals surface area contributed by atoms with Crippen molar-refractivity contribution >= 4 is 27.7 Å². The average Bonchev–Trinajstić information content (AvgIpc) is 2.45. The van der Waals surface area contributed by atoms with Gasteiger partial charge in [-0.1, -0.05) is 18.6 Å². The van der Waals surface area contributed by atoms with Crippen LogP contribution in [-0.2, 0) is 21.4 Å². The van der Waals surface area contributed by atoms with Crippen molar-refractivity contribution in [3.63, 3.8) is 0 Å². The lowest BCUT2D eigenvalue weighted by Crippen LogP contribution is -2.33. The van der Waals surface area contributed by atoms with Crippen LogP contribution in [0.1, 0.15) is 24.8 Å². The molecular weight excluding hydrogens is 296 g/mol. The van der Waals surface area contributed by atoms with Crippen LogP contribution in [0.4, 0.5) is 0 Å². The Kier molecular flexibility index (Phi) is 5.06. The number of carbonyl (C=O) groups excluding carboxylic acids is 1. The van der Waals surface area contributed by atoms with E-state index < -0.39 is 10.0 Å². The predicted molar refractivity (Wildman–Crippen MR) is 79.8 cm³/mol. The summed E-state index contributed by atoms with van der Waals surface area (Å²) in [5.74, 6) is 1.05. The van der Waals surface area contributed by atoms with Gasteiger partial charge in [-0.3, -0.25) is 4.79 Å². The monoisotopic (exact) mass is 314 g/mol. The number of nitrogens with two attached hydrogens (primary N) is 1. The number of carbonyl (C=O) groups is 1. The fourth-order valence-electron chi connectivity index (χ4n) is 2.08. The fraction of sp³-hybridized carbons (Fsp3) is 0.462. The molecule has 20 heavy (non-hydrogen) atoms. The third kappa shape index (κ3) is 4.22. The molecule has 1 aliphatic heterocycles. The average molecular weight is 314 g/mol. The molecule has 1 atom stereocenters. The Hall–Kier alpha value is -1.05. The van der Waals surface area contributed by atoms with Crippen molar-refractivity contribution in [2.75, 3.05) is 5.75 Å². The highest BCUT2D eigenvalue weighted by Crippen LogP contribution is 2.25. The quantitative estimate of drug-likeness (QED) is 0.875. The van der Waals surface area contributed by atoms with E-state index >= 15 is 0 Å². The van der Waals surface area contributed by atoms with Crippen molar-refractivity contribution in [2.24, 2.45) is 5.14 Å². The van der Waals surface area contributed by atoms with Crippen LogP contribution in [0.2, 0.25) is 0 Å². The van der Waals surface area contributed by atoms with Gasteiger partial charge in [-0.25, -0.2) is 13.6 Å². The van der Waals surface area contributed by atoms with Gasteiger partial charge in [0.15, 0.2) is 0 Å². The summed E-state index contributed by atoms with van der Waals surface area (Å²) < 4.78 is 22.5. The molecule has 1 aromatic rings. The highest BCUT2D eigenvalue weighted by Gasteiger charge is 2.21. The van der Waals surface area contributed by atoms with E-state index in [1.165, 1.54) is 18.6 Å². The number of benzene rings is 1. The molecule has 110 valence electrons. The summed E-state index contributed by atoms with van der Waals surface area (Å²) in [4.78, 5) is 12.0. The highest BCUT2D eigenvalue weighted by molar-refractivity contribution is 8.00. The first-order valence-corrected chi connectivity index (χ1v) is 9.07. The molecule has 0 spiro atoms. The fourth-order valence-corrected chi connectivity index (χ4v) is 3.89. The minimum absolute atomic E-state index is 0.0187. The second-order valence-electron chi connectivity index (χ2n) is 4.77. The largest absolute Gasteiger partial charge is 0.351 e. The summed E-state index contributed by atoms with van der Waals surface area (Å²) in [7, 11) is -3.70. The minimum Gasteiger partial charge on any atom is -0.351 e. The lowest BCUT2D eigenvalue weighted by Gasteiger charge is -2.20. The number of nitrogens with one attached hydrogen (secondary N) is 1. The lowest BCUT2D eigenvalue weighted by molar-refractivity contribution is -0.120. The van der Waals surface area contributed by atoms with Crippen molar-refractivity contribution in [1.29, 1.82) is 0 Å². The molecule has 1 saturated heterocycles. The zero-order valence-electron chi connectivity index (χ0n) is 11.0. The number of primary sulfonamides is 1. The summed E-state index contributed by atoms with van der Waals surface area (Å²) in [5.41, 5.74) is 0.727. The van der Waals surface area contributed by atoms with Crippen LogP contribution in [0.25, 0.3) is 0 Å². The van der Waals surface area contributed by atoms with E-state index in [1.807, 2.05) is 0 Å². The van der Waals surface area contributed by atoms with Gasteiger partial charge < -0.3 is 5.32 Å². The van der Waals surface area contributed by atoms with Gasteiger partial charge in [-0.15, -0.1) is 11.8 Å². The molecule has 5 nitrogen and oxygen atoms in total. The van der Waals surface area contributed by atoms with E-state index in [1.54, 1.807) is 23.9 Å². The first-order valence-electron chi connectivity index (χ1n) is 6.48. The number of hydrogen-bond donors (Lipinski definition) is 2. The molecule has 0 radical (unpaired) electrons. The van der Waals surface area contributed by atoms with Crippen LogP contribution in [-0.4, -0.2) is 25.3 Å². The molecule has 2 rings (SSSR count). The van der Waals surface area contributed by atoms with E-state index in [0.717, 1.165) is 24.2 Å². The third-order valence-corrected chi connectivity index (χ3v) is 5.45. The third-order valence-electron chi connectivity index (χ3n) is 3.17. The maximum atomic E-state index is 12.0. The zero-order valence-corrected chi connectivity index (χ0v) is 12.7. The highest BCUT2D eigenvalue weighted by atomic mass is 32.2. The summed E-state index contributed by atoms with van der Waals surface area (Å²) in [6, 6.07) is 6.32. The van der Waals surface area contributed by atoms with Gasteiger partial charge >= 0.3 is 0 Å².